The van der Waals surface area contributed by atoms with Crippen molar-refractivity contribution >= 4 is 97.7 Å². The van der Waals surface area contributed by atoms with Gasteiger partial charge in [-0.15, -0.1) is 6.42 Å². The number of hydrogen-bond acceptors (Lipinski definition) is 2. The van der Waals surface area contributed by atoms with Crippen LogP contribution in [-0.4, -0.2) is 0 Å². The lowest BCUT2D eigenvalue weighted by Crippen LogP contribution is -1.92. The molecule has 0 saturated carbocycles. The molecule has 0 saturated heterocycles. The van der Waals surface area contributed by atoms with Crippen molar-refractivity contribution in [3.63, 3.8) is 0 Å². The van der Waals surface area contributed by atoms with E-state index in [1.54, 1.807) is 6.92 Å². The van der Waals surface area contributed by atoms with Crippen molar-refractivity contribution < 1.29 is 26.4 Å². The van der Waals surface area contributed by atoms with Crippen LogP contribution in [0.2, 0.25) is 0 Å². The van der Waals surface area contributed by atoms with Gasteiger partial charge in [0.15, 0.2) is 0 Å². The van der Waals surface area contributed by atoms with E-state index in [4.69, 9.17) is 15.3 Å². The Morgan fingerprint density at radius 3 is 0.989 bits per heavy atom. The van der Waals surface area contributed by atoms with Gasteiger partial charge in [-0.3, -0.25) is 0 Å². The lowest BCUT2D eigenvalue weighted by molar-refractivity contribution is 0.589. The van der Waals surface area contributed by atoms with Crippen LogP contribution in [0.25, 0.3) is 187 Å². The molecular weight excluding hydrogens is 1130 g/mol. The van der Waals surface area contributed by atoms with Crippen LogP contribution in [0.1, 0.15) is 6.92 Å². The quantitative estimate of drug-likeness (QED) is 0.0997. The van der Waals surface area contributed by atoms with Crippen molar-refractivity contribution in [2.45, 2.75) is 6.92 Å². The number of rotatable bonds is 4. The van der Waals surface area contributed by atoms with Crippen LogP contribution >= 0.6 is 0 Å². The average Bonchev–Trinajstić information content (AvgIpc) is 1.65. The third-order valence-electron chi connectivity index (χ3n) is 18.0. The number of hydrogen-bond donors (Lipinski definition) is 0. The van der Waals surface area contributed by atoms with Crippen molar-refractivity contribution in [2.75, 3.05) is 0 Å². The maximum atomic E-state index is 15.7. The zero-order chi connectivity index (χ0) is 61.2. The Bertz CT molecular complexity index is 5930. The smallest absolute Gasteiger partial charge is 0.136 e. The van der Waals surface area contributed by atoms with Gasteiger partial charge in [-0.2, -0.15) is 0 Å². The highest BCUT2D eigenvalue weighted by Gasteiger charge is 2.30. The molecule has 0 N–H and O–H groups in total. The highest BCUT2D eigenvalue weighted by molar-refractivity contribution is 6.32. The van der Waals surface area contributed by atoms with Gasteiger partial charge in [0.05, 0.1) is 11.1 Å². The van der Waals surface area contributed by atoms with Gasteiger partial charge in [-0.25, -0.2) is 17.6 Å². The zero-order valence-corrected chi connectivity index (χ0v) is 48.2. The van der Waals surface area contributed by atoms with Crippen molar-refractivity contribution in [3.8, 4) is 149 Å². The molecule has 91 heavy (non-hydrogen) atoms. The Morgan fingerprint density at radius 2 is 0.560 bits per heavy atom. The maximum Gasteiger partial charge on any atom is 0.136 e. The second-order valence-electron chi connectivity index (χ2n) is 22.6. The van der Waals surface area contributed by atoms with E-state index in [0.717, 1.165) is 165 Å². The number of fused-ring (bicyclic) bond motifs is 17. The molecular formula is C85H40F4O2. The third kappa shape index (κ3) is 7.97. The standard InChI is InChI=1S/C74H36F4O2.C11H4/c75-61-19-9-20-62(76)73(61)43-27-29-45-53-35-57-55(31-49(53)39-15-5-13-37(43)69(39)45)51(41-17-7-25-67-71(41)47-11-1-3-23-65(47)79-67)33-59-58-36-54-46-30-28-44(74-63(77)21-10-22-64(74)78)38-14-6-16-40(70(38)46)50(54)32-56(58)52(34-60(57)59)42-18-8-26-68-72(42)48-12-2-4-24-66(48)80-68;1-3-5-7-9-11-10-8-6-4-2/h1-36H;1H,2H3. The Hall–Kier alpha value is -12.5. The summed E-state index contributed by atoms with van der Waals surface area (Å²) in [6, 6.07) is 70.9. The topological polar surface area (TPSA) is 26.3 Å². The van der Waals surface area contributed by atoms with E-state index in [2.05, 4.69) is 138 Å². The molecule has 0 spiro atoms. The molecule has 2 heterocycles. The first kappa shape index (κ1) is 52.8. The molecule has 18 rings (SSSR count). The fourth-order valence-corrected chi connectivity index (χ4v) is 14.4. The minimum atomic E-state index is -0.611. The van der Waals surface area contributed by atoms with Crippen LogP contribution in [0.5, 0.6) is 0 Å². The van der Waals surface area contributed by atoms with E-state index in [9.17, 15) is 0 Å². The minimum absolute atomic E-state index is 0.0453. The van der Waals surface area contributed by atoms with Crippen LogP contribution in [-0.2, 0) is 0 Å². The van der Waals surface area contributed by atoms with E-state index in [0.29, 0.717) is 11.1 Å². The van der Waals surface area contributed by atoms with Gasteiger partial charge in [0.2, 0.25) is 0 Å². The number of furan rings is 2. The highest BCUT2D eigenvalue weighted by Crippen LogP contribution is 2.57. The fourth-order valence-electron chi connectivity index (χ4n) is 14.4. The minimum Gasteiger partial charge on any atom is -0.456 e. The predicted molar refractivity (Wildman–Crippen MR) is 365 cm³/mol. The molecule has 16 aromatic rings. The summed E-state index contributed by atoms with van der Waals surface area (Å²) in [4.78, 5) is 0. The summed E-state index contributed by atoms with van der Waals surface area (Å²) < 4.78 is 76.0. The monoisotopic (exact) mass is 1170 g/mol. The van der Waals surface area contributed by atoms with Crippen LogP contribution in [0.4, 0.5) is 17.6 Å². The van der Waals surface area contributed by atoms with Crippen molar-refractivity contribution in [2.24, 2.45) is 0 Å². The molecule has 420 valence electrons. The molecule has 0 unspecified atom stereocenters. The molecule has 2 aromatic heterocycles. The highest BCUT2D eigenvalue weighted by atomic mass is 19.1. The van der Waals surface area contributed by atoms with E-state index >= 15 is 17.6 Å². The first-order valence-electron chi connectivity index (χ1n) is 29.5. The molecule has 0 atom stereocenters. The lowest BCUT2D eigenvalue weighted by atomic mass is 9.83. The lowest BCUT2D eigenvalue weighted by Gasteiger charge is -2.19. The van der Waals surface area contributed by atoms with Crippen LogP contribution in [0.3, 0.4) is 0 Å². The van der Waals surface area contributed by atoms with Gasteiger partial charge in [0, 0.05) is 21.5 Å². The Labute approximate surface area is 518 Å². The van der Waals surface area contributed by atoms with Gasteiger partial charge < -0.3 is 8.83 Å². The summed E-state index contributed by atoms with van der Waals surface area (Å²) in [5.41, 5.74) is 16.2. The second-order valence-corrected chi connectivity index (χ2v) is 22.6. The summed E-state index contributed by atoms with van der Waals surface area (Å²) in [6.45, 7) is 1.71. The Kier molecular flexibility index (Phi) is 11.9. The van der Waals surface area contributed by atoms with Crippen LogP contribution in [0.15, 0.2) is 227 Å². The number of benzene rings is 14. The summed E-state index contributed by atoms with van der Waals surface area (Å²) in [6.07, 6.45) is 4.84. The zero-order valence-electron chi connectivity index (χ0n) is 48.2. The largest absolute Gasteiger partial charge is 0.456 e. The fraction of sp³-hybridized carbons (Fsp3) is 0.0118. The molecule has 0 radical (unpaired) electrons. The van der Waals surface area contributed by atoms with E-state index in [-0.39, 0.29) is 11.1 Å². The van der Waals surface area contributed by atoms with Crippen LogP contribution in [0, 0.1) is 83.0 Å². The van der Waals surface area contributed by atoms with Crippen molar-refractivity contribution in [1.29, 1.82) is 0 Å². The summed E-state index contributed by atoms with van der Waals surface area (Å²) in [5.74, 6) is 19.5. The molecule has 14 aromatic carbocycles. The third-order valence-corrected chi connectivity index (χ3v) is 18.0. The number of terminal acetylenes is 1. The van der Waals surface area contributed by atoms with E-state index in [1.165, 1.54) is 36.4 Å². The molecule has 2 nitrogen and oxygen atoms in total. The first-order valence-corrected chi connectivity index (χ1v) is 29.5. The van der Waals surface area contributed by atoms with Gasteiger partial charge in [0.1, 0.15) is 45.6 Å². The molecule has 0 amide bonds. The van der Waals surface area contributed by atoms with Crippen molar-refractivity contribution in [1.82, 2.24) is 0 Å². The molecule has 2 aliphatic rings. The molecule has 0 fully saturated rings. The molecule has 0 bridgehead atoms. The average molecular weight is 1170 g/mol. The summed E-state index contributed by atoms with van der Waals surface area (Å²) >= 11 is 0. The Morgan fingerprint density at radius 1 is 0.253 bits per heavy atom. The summed E-state index contributed by atoms with van der Waals surface area (Å²) in [5, 5.41) is 13.7. The first-order chi connectivity index (χ1) is 44.8. The van der Waals surface area contributed by atoms with Gasteiger partial charge in [-0.1, -0.05) is 139 Å². The van der Waals surface area contributed by atoms with E-state index < -0.39 is 23.3 Å². The molecule has 6 heteroatoms. The second kappa shape index (κ2) is 20.6. The Balaban J connectivity index is 0.000000532. The summed E-state index contributed by atoms with van der Waals surface area (Å²) in [7, 11) is 0. The van der Waals surface area contributed by atoms with Crippen LogP contribution < -0.4 is 0 Å². The maximum absolute atomic E-state index is 15.7. The van der Waals surface area contributed by atoms with Crippen molar-refractivity contribution in [3.05, 3.63) is 242 Å². The van der Waals surface area contributed by atoms with Gasteiger partial charge in [-0.05, 0) is 271 Å². The molecule has 0 aliphatic heterocycles. The number of para-hydroxylation sites is 2. The SMILES string of the molecule is C#CC#CC#CC#CC#CC.Fc1cccc(F)c1-c1ccc2c3c(cccc13)-c1cc3c(-c4cccc5oc6ccccc6c45)cc4c5cc6c(cc5c(-c5cccc7oc8ccccc8c57)cc4c3cc1-2)-c1cccc2c(-c3c(F)cccc3F)ccc-6c12. The predicted octanol–water partition coefficient (Wildman–Crippen LogP) is 22.4. The molecule has 2 aliphatic carbocycles. The normalized spacial score (nSPS) is 11.4. The van der Waals surface area contributed by atoms with Gasteiger partial charge in [0.25, 0.3) is 0 Å². The van der Waals surface area contributed by atoms with Gasteiger partial charge >= 0.3 is 0 Å². The number of halogens is 4. The van der Waals surface area contributed by atoms with E-state index in [1.807, 2.05) is 97.1 Å².